The van der Waals surface area contributed by atoms with Crippen molar-refractivity contribution in [3.63, 3.8) is 0 Å². The number of aliphatic hydroxyl groups is 1. The maximum Gasteiger partial charge on any atom is 0.410 e. The summed E-state index contributed by atoms with van der Waals surface area (Å²) in [5.74, 6) is -2.86. The van der Waals surface area contributed by atoms with Crippen molar-refractivity contribution in [3.05, 3.63) is 30.6 Å². The molecule has 5 heterocycles. The molecule has 5 rings (SSSR count). The van der Waals surface area contributed by atoms with Gasteiger partial charge in [0.25, 0.3) is 0 Å². The van der Waals surface area contributed by atoms with E-state index in [1.165, 1.54) is 21.0 Å². The third-order valence-electron chi connectivity index (χ3n) is 12.8. The van der Waals surface area contributed by atoms with Gasteiger partial charge >= 0.3 is 12.1 Å². The van der Waals surface area contributed by atoms with E-state index in [1.807, 2.05) is 78.0 Å². The molecule has 3 fully saturated rings. The van der Waals surface area contributed by atoms with Gasteiger partial charge in [-0.1, -0.05) is 32.6 Å². The highest BCUT2D eigenvalue weighted by atomic mass is 16.7. The second kappa shape index (κ2) is 20.9. The Bertz CT molecular complexity index is 1780. The number of cyclic esters (lactones) is 1. The van der Waals surface area contributed by atoms with Gasteiger partial charge in [-0.3, -0.25) is 28.9 Å². The zero-order chi connectivity index (χ0) is 44.1. The average Bonchev–Trinajstić information content (AvgIpc) is 3.78. The van der Waals surface area contributed by atoms with E-state index in [2.05, 4.69) is 15.3 Å². The number of pyridine rings is 1. The van der Waals surface area contributed by atoms with E-state index in [9.17, 15) is 24.3 Å². The van der Waals surface area contributed by atoms with Crippen LogP contribution in [0.15, 0.2) is 30.6 Å². The number of aliphatic hydroxyl groups excluding tert-OH is 1. The van der Waals surface area contributed by atoms with Gasteiger partial charge in [-0.25, -0.2) is 4.79 Å². The van der Waals surface area contributed by atoms with Gasteiger partial charge in [0.1, 0.15) is 29.6 Å². The first-order valence-corrected chi connectivity index (χ1v) is 21.4. The molecule has 2 aromatic rings. The molecule has 17 heteroatoms. The van der Waals surface area contributed by atoms with Gasteiger partial charge in [0.15, 0.2) is 11.9 Å². The normalized spacial score (nSPS) is 34.2. The van der Waals surface area contributed by atoms with Gasteiger partial charge in [0, 0.05) is 52.3 Å². The molecule has 0 radical (unpaired) electrons. The van der Waals surface area contributed by atoms with Crippen molar-refractivity contribution in [2.75, 3.05) is 34.3 Å². The number of rotatable bonds is 11. The van der Waals surface area contributed by atoms with E-state index in [4.69, 9.17) is 23.7 Å². The molecule has 3 aliphatic heterocycles. The number of unbranched alkanes of at least 4 members (excludes halogenated alkanes) is 1. The number of esters is 1. The van der Waals surface area contributed by atoms with Crippen LogP contribution in [0.25, 0.3) is 11.4 Å². The molecule has 2 amide bonds. The Morgan fingerprint density at radius 3 is 2.39 bits per heavy atom. The first-order chi connectivity index (χ1) is 28.3. The summed E-state index contributed by atoms with van der Waals surface area (Å²) in [6.07, 6.45) is 0.874. The summed E-state index contributed by atoms with van der Waals surface area (Å²) >= 11 is 0. The van der Waals surface area contributed by atoms with Crippen LogP contribution in [0, 0.1) is 11.8 Å². The molecule has 0 spiro atoms. The fourth-order valence-corrected chi connectivity index (χ4v) is 9.31. The SMILES string of the molecule is C.CC[C@H]1OC(=O)[C@H](C)C(=O)C[C@@H](O[C@@H]2O[C@H](C)CC(N(C)C)C2O)[C@](C)(OC)C[C@@H](C)CN(C(C)=O)[C@H](C)[C@H]2N(CCCCn3cc(-c4ccccn4)nn3)C(=O)O[C@]12C. The molecule has 17 nitrogen and oxygen atoms in total. The molecular formula is C44H71N7O10. The molecule has 3 saturated heterocycles. The largest absolute Gasteiger partial charge is 0.458 e. The lowest BCUT2D eigenvalue weighted by molar-refractivity contribution is -0.289. The maximum absolute atomic E-state index is 14.1. The number of nitrogens with zero attached hydrogens (tertiary/aromatic N) is 7. The maximum atomic E-state index is 14.1. The third-order valence-corrected chi connectivity index (χ3v) is 12.8. The quantitative estimate of drug-likeness (QED) is 0.185. The number of aryl methyl sites for hydroxylation is 1. The molecule has 2 unspecified atom stereocenters. The number of carbonyl (C=O) groups excluding carboxylic acids is 4. The standard InChI is InChI=1S/C43H67N7O10.CH4/c1-12-35-43(8)38(49(41(55)60-43)20-16-15-19-48-25-32(45-46-48)31-17-13-14-18-44-31)29(5)50(30(6)51)24-26(2)23-42(7,56-11)36(22-34(52)28(4)39(54)58-35)59-40-37(53)33(47(9)10)21-27(3)57-40;/h13-14,17-18,25-29,33,35-38,40,53H,12,15-16,19-24H2,1-11H3;1H4/t26-,27-,28-,29-,33?,35-,36-,37?,38-,40+,42-,43-;/m1./s1. The number of methoxy groups -OCH3 is 1. The number of hydrogen-bond donors (Lipinski definition) is 1. The highest BCUT2D eigenvalue weighted by molar-refractivity contribution is 5.99. The number of carbonyl (C=O) groups is 4. The molecule has 12 atom stereocenters. The highest BCUT2D eigenvalue weighted by Crippen LogP contribution is 2.41. The number of amides is 2. The average molecular weight is 858 g/mol. The second-order valence-corrected chi connectivity index (χ2v) is 17.6. The van der Waals surface area contributed by atoms with Crippen LogP contribution in [0.1, 0.15) is 101 Å². The summed E-state index contributed by atoms with van der Waals surface area (Å²) in [4.78, 5) is 65.4. The predicted octanol–water partition coefficient (Wildman–Crippen LogP) is 4.75. The number of aromatic nitrogens is 4. The number of fused-ring (bicyclic) bond motifs is 1. The molecule has 2 aromatic heterocycles. The molecular weight excluding hydrogens is 787 g/mol. The minimum atomic E-state index is -1.38. The second-order valence-electron chi connectivity index (χ2n) is 17.6. The number of ether oxygens (including phenoxy) is 5. The molecule has 1 N–H and O–H groups in total. The Balaban J connectivity index is 0.00000819. The number of likely N-dealkylation sites (N-methyl/N-ethyl adjacent to an activating group) is 1. The number of Topliss-reactive ketones (excluding diaryl/α,β-unsaturated/α-hetero) is 1. The topological polar surface area (TPSA) is 188 Å². The van der Waals surface area contributed by atoms with Gasteiger partial charge in [-0.15, -0.1) is 5.10 Å². The lowest BCUT2D eigenvalue weighted by Gasteiger charge is -2.46. The van der Waals surface area contributed by atoms with Crippen molar-refractivity contribution in [3.8, 4) is 11.4 Å². The van der Waals surface area contributed by atoms with Gasteiger partial charge in [0.05, 0.1) is 41.8 Å². The van der Waals surface area contributed by atoms with Crippen molar-refractivity contribution in [2.45, 2.75) is 168 Å². The summed E-state index contributed by atoms with van der Waals surface area (Å²) < 4.78 is 33.0. The van der Waals surface area contributed by atoms with Gasteiger partial charge in [-0.05, 0) is 98.9 Å². The van der Waals surface area contributed by atoms with Crippen LogP contribution in [0.5, 0.6) is 0 Å². The van der Waals surface area contributed by atoms with Crippen molar-refractivity contribution in [2.24, 2.45) is 11.8 Å². The first-order valence-electron chi connectivity index (χ1n) is 21.4. The Kier molecular flexibility index (Phi) is 17.0. The molecule has 342 valence electrons. The predicted molar refractivity (Wildman–Crippen MR) is 227 cm³/mol. The summed E-state index contributed by atoms with van der Waals surface area (Å²) in [7, 11) is 5.30. The van der Waals surface area contributed by atoms with E-state index in [0.29, 0.717) is 44.5 Å². The van der Waals surface area contributed by atoms with E-state index in [1.54, 1.807) is 27.6 Å². The third kappa shape index (κ3) is 11.1. The monoisotopic (exact) mass is 858 g/mol. The van der Waals surface area contributed by atoms with Crippen LogP contribution in [0.2, 0.25) is 0 Å². The zero-order valence-electron chi connectivity index (χ0n) is 37.3. The zero-order valence-corrected chi connectivity index (χ0v) is 37.3. The van der Waals surface area contributed by atoms with Crippen LogP contribution in [0.3, 0.4) is 0 Å². The fourth-order valence-electron chi connectivity index (χ4n) is 9.31. The smallest absolute Gasteiger partial charge is 0.410 e. The van der Waals surface area contributed by atoms with Crippen LogP contribution >= 0.6 is 0 Å². The van der Waals surface area contributed by atoms with Crippen LogP contribution < -0.4 is 0 Å². The highest BCUT2D eigenvalue weighted by Gasteiger charge is 2.59. The Labute approximate surface area is 361 Å². The minimum absolute atomic E-state index is 0. The van der Waals surface area contributed by atoms with Crippen LogP contribution in [-0.4, -0.2) is 158 Å². The van der Waals surface area contributed by atoms with Crippen LogP contribution in [0.4, 0.5) is 4.79 Å². The van der Waals surface area contributed by atoms with Gasteiger partial charge in [-0.2, -0.15) is 0 Å². The fraction of sp³-hybridized carbons (Fsp3) is 0.750. The van der Waals surface area contributed by atoms with E-state index >= 15 is 0 Å². The minimum Gasteiger partial charge on any atom is -0.458 e. The Morgan fingerprint density at radius 1 is 1.07 bits per heavy atom. The van der Waals surface area contributed by atoms with Crippen molar-refractivity contribution in [1.29, 1.82) is 0 Å². The Morgan fingerprint density at radius 2 is 1.77 bits per heavy atom. The van der Waals surface area contributed by atoms with E-state index in [-0.39, 0.29) is 50.8 Å². The van der Waals surface area contributed by atoms with Crippen molar-refractivity contribution < 1.29 is 48.0 Å². The van der Waals surface area contributed by atoms with Crippen LogP contribution in [-0.2, 0) is 44.6 Å². The summed E-state index contributed by atoms with van der Waals surface area (Å²) in [6.45, 7) is 15.3. The molecule has 0 aromatic carbocycles. The van der Waals surface area contributed by atoms with Crippen molar-refractivity contribution >= 4 is 23.8 Å². The van der Waals surface area contributed by atoms with E-state index < -0.39 is 71.7 Å². The lowest BCUT2D eigenvalue weighted by atomic mass is 9.82. The first kappa shape index (κ1) is 49.6. The molecule has 0 bridgehead atoms. The number of hydrogen-bond acceptors (Lipinski definition) is 14. The number of ketones is 1. The van der Waals surface area contributed by atoms with Crippen molar-refractivity contribution in [1.82, 2.24) is 34.7 Å². The molecule has 3 aliphatic rings. The molecule has 0 saturated carbocycles. The molecule has 61 heavy (non-hydrogen) atoms. The summed E-state index contributed by atoms with van der Waals surface area (Å²) in [5, 5.41) is 19.9. The van der Waals surface area contributed by atoms with Gasteiger partial charge in [0.2, 0.25) is 5.91 Å². The summed E-state index contributed by atoms with van der Waals surface area (Å²) in [5.41, 5.74) is -1.14. The van der Waals surface area contributed by atoms with E-state index in [0.717, 1.165) is 5.69 Å². The Hall–Kier alpha value is -4.03. The molecule has 0 aliphatic carbocycles. The lowest BCUT2D eigenvalue weighted by Crippen LogP contribution is -2.62. The van der Waals surface area contributed by atoms with Gasteiger partial charge < -0.3 is 38.6 Å². The summed E-state index contributed by atoms with van der Waals surface area (Å²) in [6, 6.07) is 4.02.